The fourth-order valence-electron chi connectivity index (χ4n) is 5.13. The molecule has 1 amide bonds. The van der Waals surface area contributed by atoms with E-state index in [4.69, 9.17) is 4.74 Å². The Morgan fingerprint density at radius 2 is 1.41 bits per heavy atom. The lowest BCUT2D eigenvalue weighted by Crippen LogP contribution is -2.43. The molecule has 5 nitrogen and oxygen atoms in total. The number of hydrogen-bond donors (Lipinski definition) is 1. The first-order valence-corrected chi connectivity index (χ1v) is 11.9. The van der Waals surface area contributed by atoms with Crippen LogP contribution in [0.4, 0.5) is 0 Å². The third-order valence-electron chi connectivity index (χ3n) is 7.04. The summed E-state index contributed by atoms with van der Waals surface area (Å²) < 4.78 is 6.17. The smallest absolute Gasteiger partial charge is 0.326 e. The lowest BCUT2D eigenvalue weighted by Gasteiger charge is -2.27. The van der Waals surface area contributed by atoms with E-state index in [-0.39, 0.29) is 12.0 Å². The summed E-state index contributed by atoms with van der Waals surface area (Å²) in [5, 5.41) is 9.90. The number of benzene rings is 3. The van der Waals surface area contributed by atoms with Gasteiger partial charge in [0.25, 0.3) is 0 Å². The molecule has 1 aliphatic carbocycles. The molecule has 0 radical (unpaired) electrons. The van der Waals surface area contributed by atoms with E-state index in [1.165, 1.54) is 10.5 Å². The second-order valence-electron chi connectivity index (χ2n) is 9.30. The van der Waals surface area contributed by atoms with Crippen LogP contribution in [-0.4, -0.2) is 47.2 Å². The maximum absolute atomic E-state index is 13.8. The van der Waals surface area contributed by atoms with Crippen LogP contribution in [-0.2, 0) is 14.3 Å². The van der Waals surface area contributed by atoms with Crippen molar-refractivity contribution in [3.05, 3.63) is 108 Å². The number of nitrogens with zero attached hydrogens (tertiary/aromatic N) is 1. The zero-order valence-electron chi connectivity index (χ0n) is 19.0. The third kappa shape index (κ3) is 4.75. The summed E-state index contributed by atoms with van der Waals surface area (Å²) in [5.41, 5.74) is 3.04. The van der Waals surface area contributed by atoms with Gasteiger partial charge in [-0.05, 0) is 34.9 Å². The van der Waals surface area contributed by atoms with Crippen molar-refractivity contribution < 1.29 is 19.4 Å². The van der Waals surface area contributed by atoms with Crippen molar-refractivity contribution in [3.8, 4) is 0 Å². The zero-order chi connectivity index (χ0) is 23.5. The third-order valence-corrected chi connectivity index (χ3v) is 7.04. The number of likely N-dealkylation sites (tertiary alicyclic amines) is 1. The fraction of sp³-hybridized carbons (Fsp3) is 0.310. The summed E-state index contributed by atoms with van der Waals surface area (Å²) in [6, 6.07) is 28.7. The van der Waals surface area contributed by atoms with Crippen molar-refractivity contribution in [1.82, 2.24) is 4.90 Å². The Kier molecular flexibility index (Phi) is 6.45. The highest BCUT2D eigenvalue weighted by Crippen LogP contribution is 2.47. The predicted molar refractivity (Wildman–Crippen MR) is 130 cm³/mol. The molecule has 0 bridgehead atoms. The summed E-state index contributed by atoms with van der Waals surface area (Å²) in [6.45, 7) is 0.897. The van der Waals surface area contributed by atoms with Crippen molar-refractivity contribution in [2.45, 2.75) is 36.8 Å². The Labute approximate surface area is 200 Å². The Hall–Kier alpha value is -3.44. The molecular formula is C29H29NO4. The molecule has 34 heavy (non-hydrogen) atoms. The van der Waals surface area contributed by atoms with Gasteiger partial charge in [0.1, 0.15) is 6.04 Å². The van der Waals surface area contributed by atoms with Gasteiger partial charge in [0.2, 0.25) is 5.91 Å². The fourth-order valence-corrected chi connectivity index (χ4v) is 5.13. The molecule has 1 saturated heterocycles. The quantitative estimate of drug-likeness (QED) is 0.535. The zero-order valence-corrected chi connectivity index (χ0v) is 19.0. The average Bonchev–Trinajstić information content (AvgIpc) is 3.53. The molecule has 5 rings (SSSR count). The van der Waals surface area contributed by atoms with E-state index < -0.39 is 17.9 Å². The minimum atomic E-state index is -0.979. The standard InChI is InChI=1S/C29H29NO4/c31-28(27(21-12-6-2-7-13-21)22-14-8-3-9-15-22)30-18-24(17-26(30)29(32)33)34-19-23-16-25(23)20-10-4-1-5-11-20/h1-15,23-27H,16-19H2,(H,32,33)/t23-,24+,25-,26+/m1/s1. The van der Waals surface area contributed by atoms with Crippen molar-refractivity contribution in [2.75, 3.05) is 13.2 Å². The first-order valence-electron chi connectivity index (χ1n) is 11.9. The molecule has 3 aromatic carbocycles. The van der Waals surface area contributed by atoms with E-state index in [1.807, 2.05) is 66.7 Å². The van der Waals surface area contributed by atoms with Crippen LogP contribution >= 0.6 is 0 Å². The number of hydrogen-bond acceptors (Lipinski definition) is 3. The van der Waals surface area contributed by atoms with Gasteiger partial charge in [-0.3, -0.25) is 4.79 Å². The highest BCUT2D eigenvalue weighted by molar-refractivity contribution is 5.91. The molecule has 174 valence electrons. The SMILES string of the molecule is O=C(O)[C@@H]1C[C@H](OC[C@H]2C[C@@H]2c2ccccc2)CN1C(=O)C(c1ccccc1)c1ccccc1. The molecule has 1 N–H and O–H groups in total. The lowest BCUT2D eigenvalue weighted by molar-refractivity contribution is -0.148. The summed E-state index contributed by atoms with van der Waals surface area (Å²) in [5.74, 6) is -0.751. The Morgan fingerprint density at radius 3 is 1.97 bits per heavy atom. The van der Waals surface area contributed by atoms with E-state index in [0.29, 0.717) is 31.4 Å². The van der Waals surface area contributed by atoms with Crippen LogP contribution in [0.3, 0.4) is 0 Å². The summed E-state index contributed by atoms with van der Waals surface area (Å²) in [6.07, 6.45) is 1.14. The van der Waals surface area contributed by atoms with Crippen LogP contribution in [0, 0.1) is 5.92 Å². The largest absolute Gasteiger partial charge is 0.480 e. The van der Waals surface area contributed by atoms with Crippen molar-refractivity contribution in [2.24, 2.45) is 5.92 Å². The van der Waals surface area contributed by atoms with Gasteiger partial charge >= 0.3 is 5.97 Å². The molecule has 2 aliphatic rings. The van der Waals surface area contributed by atoms with Gasteiger partial charge in [-0.2, -0.15) is 0 Å². The highest BCUT2D eigenvalue weighted by Gasteiger charge is 2.44. The number of carbonyl (C=O) groups excluding carboxylic acids is 1. The molecular weight excluding hydrogens is 426 g/mol. The van der Waals surface area contributed by atoms with Gasteiger partial charge in [0.05, 0.1) is 18.6 Å². The van der Waals surface area contributed by atoms with Crippen molar-refractivity contribution in [3.63, 3.8) is 0 Å². The first-order chi connectivity index (χ1) is 16.6. The summed E-state index contributed by atoms with van der Waals surface area (Å²) in [7, 11) is 0. The van der Waals surface area contributed by atoms with Gasteiger partial charge in [-0.1, -0.05) is 91.0 Å². The minimum absolute atomic E-state index is 0.190. The summed E-state index contributed by atoms with van der Waals surface area (Å²) in [4.78, 5) is 27.4. The van der Waals surface area contributed by atoms with Crippen molar-refractivity contribution >= 4 is 11.9 Å². The molecule has 1 saturated carbocycles. The number of carboxylic acid groups (broad SMARTS) is 1. The number of carboxylic acids is 1. The Bertz CT molecular complexity index is 1080. The van der Waals surface area contributed by atoms with Gasteiger partial charge < -0.3 is 14.7 Å². The molecule has 0 unspecified atom stereocenters. The molecule has 2 fully saturated rings. The topological polar surface area (TPSA) is 66.8 Å². The molecule has 3 aromatic rings. The van der Waals surface area contributed by atoms with E-state index >= 15 is 0 Å². The number of carbonyl (C=O) groups is 2. The van der Waals surface area contributed by atoms with Crippen LogP contribution in [0.25, 0.3) is 0 Å². The van der Waals surface area contributed by atoms with Gasteiger partial charge in [-0.15, -0.1) is 0 Å². The number of ether oxygens (including phenoxy) is 1. The summed E-state index contributed by atoms with van der Waals surface area (Å²) >= 11 is 0. The maximum Gasteiger partial charge on any atom is 0.326 e. The average molecular weight is 456 g/mol. The van der Waals surface area contributed by atoms with Crippen LogP contribution in [0.1, 0.15) is 41.4 Å². The highest BCUT2D eigenvalue weighted by atomic mass is 16.5. The lowest BCUT2D eigenvalue weighted by atomic mass is 9.90. The Balaban J connectivity index is 1.29. The van der Waals surface area contributed by atoms with Crippen LogP contribution < -0.4 is 0 Å². The molecule has 1 heterocycles. The van der Waals surface area contributed by atoms with Crippen molar-refractivity contribution in [1.29, 1.82) is 0 Å². The molecule has 5 heteroatoms. The maximum atomic E-state index is 13.8. The van der Waals surface area contributed by atoms with Gasteiger partial charge in [-0.25, -0.2) is 4.79 Å². The van der Waals surface area contributed by atoms with Gasteiger partial charge in [0.15, 0.2) is 0 Å². The minimum Gasteiger partial charge on any atom is -0.480 e. The predicted octanol–water partition coefficient (Wildman–Crippen LogP) is 4.69. The number of aliphatic carboxylic acids is 1. The normalized spacial score (nSPS) is 23.7. The number of amides is 1. The van der Waals surface area contributed by atoms with Crippen LogP contribution in [0.15, 0.2) is 91.0 Å². The van der Waals surface area contributed by atoms with E-state index in [0.717, 1.165) is 17.5 Å². The monoisotopic (exact) mass is 455 g/mol. The van der Waals surface area contributed by atoms with Gasteiger partial charge in [0, 0.05) is 13.0 Å². The molecule has 0 aromatic heterocycles. The van der Waals surface area contributed by atoms with Crippen LogP contribution in [0.2, 0.25) is 0 Å². The second-order valence-corrected chi connectivity index (χ2v) is 9.30. The first kappa shape index (κ1) is 22.4. The van der Waals surface area contributed by atoms with E-state index in [9.17, 15) is 14.7 Å². The molecule has 1 aliphatic heterocycles. The van der Waals surface area contributed by atoms with E-state index in [2.05, 4.69) is 24.3 Å². The molecule has 0 spiro atoms. The molecule has 4 atom stereocenters. The number of rotatable bonds is 8. The Morgan fingerprint density at radius 1 is 0.853 bits per heavy atom. The van der Waals surface area contributed by atoms with Crippen LogP contribution in [0.5, 0.6) is 0 Å². The second kappa shape index (κ2) is 9.82. The van der Waals surface area contributed by atoms with E-state index in [1.54, 1.807) is 0 Å².